The minimum atomic E-state index is -4.58. The molecule has 0 heterocycles. The van der Waals surface area contributed by atoms with Crippen LogP contribution in [0.2, 0.25) is 0 Å². The summed E-state index contributed by atoms with van der Waals surface area (Å²) < 4.78 is 23.6. The molecule has 0 saturated carbocycles. The average molecular weight is 1280 g/mol. The molecule has 0 saturated heterocycles. The molecule has 2 N–H and O–H groups in total. The first kappa shape index (κ1) is 88.5. The van der Waals surface area contributed by atoms with Gasteiger partial charge in [0.15, 0.2) is 0 Å². The van der Waals surface area contributed by atoms with Crippen LogP contribution in [0.5, 0.6) is 0 Å². The van der Waals surface area contributed by atoms with Crippen LogP contribution in [-0.4, -0.2) is 68.5 Å². The van der Waals surface area contributed by atoms with Crippen molar-refractivity contribution in [3.05, 3.63) is 0 Å². The fourth-order valence-electron chi connectivity index (χ4n) is 13.3. The SMILES string of the molecule is CCCCCCCCCCCCCCCCCCCCCCCCCCCCCCCCCCCCCCCCCCCC(=O)NC(COP(=O)([O-])OCC[N+](C)(C)C)C(O)CCCCCCCCCCCCCCCCCCCCCCCCCCCC. The first-order valence-electron chi connectivity index (χ1n) is 40.9. The number of amides is 1. The minimum Gasteiger partial charge on any atom is -0.756 e. The number of unbranched alkanes of at least 4 members (excludes halogenated alkanes) is 65. The molecule has 9 heteroatoms. The number of quaternary nitrogens is 1. The van der Waals surface area contributed by atoms with E-state index in [9.17, 15) is 19.4 Å². The van der Waals surface area contributed by atoms with Crippen LogP contribution in [0.4, 0.5) is 0 Å². The highest BCUT2D eigenvalue weighted by Gasteiger charge is 2.24. The molecule has 0 aromatic rings. The number of nitrogens with zero attached hydrogens (tertiary/aromatic N) is 1. The molecule has 89 heavy (non-hydrogen) atoms. The molecule has 0 rings (SSSR count). The Hall–Kier alpha value is -0.500. The molecule has 0 aliphatic carbocycles. The minimum absolute atomic E-state index is 0.0171. The summed E-state index contributed by atoms with van der Waals surface area (Å²) in [7, 11) is 1.34. The number of aliphatic hydroxyl groups is 1. The van der Waals surface area contributed by atoms with Gasteiger partial charge in [-0.3, -0.25) is 9.36 Å². The molecule has 8 nitrogen and oxygen atoms in total. The number of likely N-dealkylation sites (N-methyl/N-ethyl adjacent to an activating group) is 1. The molecular weight excluding hydrogens is 1120 g/mol. The molecule has 0 aliphatic rings. The molecule has 0 spiro atoms. The lowest BCUT2D eigenvalue weighted by molar-refractivity contribution is -0.870. The second kappa shape index (κ2) is 71.8. The summed E-state index contributed by atoms with van der Waals surface area (Å²) in [6.45, 7) is 4.81. The van der Waals surface area contributed by atoms with Crippen LogP contribution >= 0.6 is 7.82 Å². The molecular formula is C80H163N2O6P. The number of aliphatic hydroxyl groups excluding tert-OH is 1. The Morgan fingerprint density at radius 1 is 0.348 bits per heavy atom. The molecule has 0 aliphatic heterocycles. The number of hydrogen-bond acceptors (Lipinski definition) is 6. The van der Waals surface area contributed by atoms with Crippen molar-refractivity contribution < 1.29 is 32.9 Å². The second-order valence-electron chi connectivity index (χ2n) is 29.9. The van der Waals surface area contributed by atoms with Gasteiger partial charge >= 0.3 is 0 Å². The fraction of sp³-hybridized carbons (Fsp3) is 0.988. The van der Waals surface area contributed by atoms with E-state index in [1.54, 1.807) is 0 Å². The third-order valence-electron chi connectivity index (χ3n) is 19.6. The summed E-state index contributed by atoms with van der Waals surface area (Å²) >= 11 is 0. The van der Waals surface area contributed by atoms with Gasteiger partial charge in [-0.25, -0.2) is 0 Å². The fourth-order valence-corrected chi connectivity index (χ4v) is 14.0. The van der Waals surface area contributed by atoms with E-state index in [1.807, 2.05) is 21.1 Å². The van der Waals surface area contributed by atoms with Crippen molar-refractivity contribution in [3.63, 3.8) is 0 Å². The predicted molar refractivity (Wildman–Crippen MR) is 390 cm³/mol. The lowest BCUT2D eigenvalue weighted by Crippen LogP contribution is -2.46. The zero-order valence-corrected chi connectivity index (χ0v) is 62.3. The topological polar surface area (TPSA) is 108 Å². The third-order valence-corrected chi connectivity index (χ3v) is 20.6. The van der Waals surface area contributed by atoms with Crippen LogP contribution in [0.1, 0.15) is 457 Å². The highest BCUT2D eigenvalue weighted by Crippen LogP contribution is 2.38. The van der Waals surface area contributed by atoms with Gasteiger partial charge in [0.1, 0.15) is 13.2 Å². The van der Waals surface area contributed by atoms with Crippen molar-refractivity contribution in [1.82, 2.24) is 5.32 Å². The number of rotatable bonds is 78. The van der Waals surface area contributed by atoms with Gasteiger partial charge in [-0.2, -0.15) is 0 Å². The Morgan fingerprint density at radius 3 is 0.764 bits per heavy atom. The average Bonchev–Trinajstić information content (AvgIpc) is 3.61. The Morgan fingerprint density at radius 2 is 0.551 bits per heavy atom. The highest BCUT2D eigenvalue weighted by atomic mass is 31.2. The lowest BCUT2D eigenvalue weighted by Gasteiger charge is -2.30. The maximum absolute atomic E-state index is 13.1. The Kier molecular flexibility index (Phi) is 71.4. The smallest absolute Gasteiger partial charge is 0.268 e. The zero-order valence-electron chi connectivity index (χ0n) is 61.4. The van der Waals surface area contributed by atoms with E-state index in [1.165, 1.54) is 392 Å². The Balaban J connectivity index is 3.84. The largest absolute Gasteiger partial charge is 0.756 e. The van der Waals surface area contributed by atoms with Crippen LogP contribution in [0.25, 0.3) is 0 Å². The number of phosphoric acid groups is 1. The van der Waals surface area contributed by atoms with E-state index >= 15 is 0 Å². The number of phosphoric ester groups is 1. The Bertz CT molecular complexity index is 1410. The van der Waals surface area contributed by atoms with Crippen molar-refractivity contribution in [1.29, 1.82) is 0 Å². The maximum Gasteiger partial charge on any atom is 0.268 e. The van der Waals surface area contributed by atoms with Crippen molar-refractivity contribution in [2.24, 2.45) is 0 Å². The van der Waals surface area contributed by atoms with Crippen molar-refractivity contribution >= 4 is 13.7 Å². The zero-order chi connectivity index (χ0) is 64.8. The van der Waals surface area contributed by atoms with E-state index < -0.39 is 20.0 Å². The van der Waals surface area contributed by atoms with Gasteiger partial charge in [0.05, 0.1) is 39.9 Å². The summed E-state index contributed by atoms with van der Waals surface area (Å²) in [5, 5.41) is 14.1. The quantitative estimate of drug-likeness (QED) is 0.0357. The molecule has 0 aromatic heterocycles. The summed E-state index contributed by atoms with van der Waals surface area (Å²) in [6.07, 6.45) is 92.5. The number of carbonyl (C=O) groups excluding carboxylic acids is 1. The molecule has 534 valence electrons. The predicted octanol–water partition coefficient (Wildman–Crippen LogP) is 26.0. The molecule has 3 atom stereocenters. The third kappa shape index (κ3) is 74.8. The number of nitrogens with one attached hydrogen (secondary N) is 1. The van der Waals surface area contributed by atoms with Crippen LogP contribution in [0.15, 0.2) is 0 Å². The molecule has 0 bridgehead atoms. The second-order valence-corrected chi connectivity index (χ2v) is 31.3. The van der Waals surface area contributed by atoms with Crippen molar-refractivity contribution in [2.45, 2.75) is 469 Å². The summed E-state index contributed by atoms with van der Waals surface area (Å²) in [4.78, 5) is 25.7. The van der Waals surface area contributed by atoms with Gasteiger partial charge in [0.2, 0.25) is 5.91 Å². The molecule has 3 unspecified atom stereocenters. The van der Waals surface area contributed by atoms with Crippen LogP contribution in [0, 0.1) is 0 Å². The van der Waals surface area contributed by atoms with E-state index in [4.69, 9.17) is 9.05 Å². The number of carbonyl (C=O) groups is 1. The van der Waals surface area contributed by atoms with Crippen molar-refractivity contribution in [2.75, 3.05) is 40.9 Å². The summed E-state index contributed by atoms with van der Waals surface area (Å²) in [6, 6.07) is -0.798. The molecule has 0 aromatic carbocycles. The van der Waals surface area contributed by atoms with E-state index in [0.717, 1.165) is 38.5 Å². The summed E-state index contributed by atoms with van der Waals surface area (Å²) in [5.41, 5.74) is 0. The maximum atomic E-state index is 13.1. The number of hydrogen-bond donors (Lipinski definition) is 2. The van der Waals surface area contributed by atoms with Gasteiger partial charge in [0, 0.05) is 6.42 Å². The van der Waals surface area contributed by atoms with E-state index in [-0.39, 0.29) is 19.1 Å². The summed E-state index contributed by atoms with van der Waals surface area (Å²) in [5.74, 6) is -0.152. The first-order valence-corrected chi connectivity index (χ1v) is 42.3. The van der Waals surface area contributed by atoms with Crippen LogP contribution in [-0.2, 0) is 18.4 Å². The van der Waals surface area contributed by atoms with Gasteiger partial charge in [-0.1, -0.05) is 438 Å². The lowest BCUT2D eigenvalue weighted by atomic mass is 10.0. The van der Waals surface area contributed by atoms with Gasteiger partial charge in [-0.05, 0) is 12.8 Å². The van der Waals surface area contributed by atoms with Crippen LogP contribution < -0.4 is 10.2 Å². The standard InChI is InChI=1S/C80H163N2O6P/c1-6-8-10-12-14-16-18-20-22-24-26-28-30-32-34-35-36-37-38-39-40-41-42-43-44-45-46-47-48-50-52-54-56-58-60-62-64-66-68-70-72-74-80(84)81-78(77-88-89(85,86)87-76-75-82(3,4)5)79(83)73-71-69-67-65-63-61-59-57-55-53-51-49-33-31-29-27-25-23-21-19-17-15-13-11-9-7-2/h78-79,83H,6-77H2,1-5H3,(H-,81,84,85,86). The molecule has 0 fully saturated rings. The highest BCUT2D eigenvalue weighted by molar-refractivity contribution is 7.45. The molecule has 1 amide bonds. The van der Waals surface area contributed by atoms with E-state index in [2.05, 4.69) is 19.2 Å². The van der Waals surface area contributed by atoms with Crippen LogP contribution in [0.3, 0.4) is 0 Å². The normalized spacial score (nSPS) is 13.4. The van der Waals surface area contributed by atoms with Gasteiger partial charge in [0.25, 0.3) is 7.82 Å². The van der Waals surface area contributed by atoms with Crippen molar-refractivity contribution in [3.8, 4) is 0 Å². The van der Waals surface area contributed by atoms with Gasteiger partial charge in [-0.15, -0.1) is 0 Å². The molecule has 0 radical (unpaired) electrons. The Labute approximate surface area is 559 Å². The van der Waals surface area contributed by atoms with Gasteiger partial charge < -0.3 is 28.8 Å². The first-order chi connectivity index (χ1) is 43.5. The van der Waals surface area contributed by atoms with E-state index in [0.29, 0.717) is 23.9 Å². The monoisotopic (exact) mass is 1280 g/mol.